The van der Waals surface area contributed by atoms with E-state index in [9.17, 15) is 8.42 Å². The quantitative estimate of drug-likeness (QED) is 0.316. The lowest BCUT2D eigenvalue weighted by Gasteiger charge is -1.70. The molecular formula is H5FO3SSi. The Balaban J connectivity index is 0. The Morgan fingerprint density at radius 1 is 1.50 bits per heavy atom. The van der Waals surface area contributed by atoms with E-state index in [4.69, 9.17) is 4.55 Å². The van der Waals surface area contributed by atoms with Crippen LogP contribution >= 0.6 is 0 Å². The highest BCUT2D eigenvalue weighted by molar-refractivity contribution is 8.07. The second kappa shape index (κ2) is 2.27. The number of halogens is 1. The third-order valence-electron chi connectivity index (χ3n) is 0. The first-order valence-corrected chi connectivity index (χ1v) is 5.22. The molecule has 0 bridgehead atoms. The second-order valence-electron chi connectivity index (χ2n) is 0.733. The maximum Gasteiger partial charge on any atom is 0.217 e. The van der Waals surface area contributed by atoms with Gasteiger partial charge in [-0.2, -0.15) is 0 Å². The van der Waals surface area contributed by atoms with Crippen molar-refractivity contribution in [2.24, 2.45) is 0 Å². The van der Waals surface area contributed by atoms with Crippen LogP contribution in [0.4, 0.5) is 4.70 Å². The molecule has 0 aromatic carbocycles. The molecule has 0 aliphatic rings. The predicted octanol–water partition coefficient (Wildman–Crippen LogP) is -1.69. The molecule has 0 heterocycles. The minimum absolute atomic E-state index is 0. The minimum Gasteiger partial charge on any atom is -0.292 e. The fraction of sp³-hybridized carbons (Fsp3) is 0. The summed E-state index contributed by atoms with van der Waals surface area (Å²) in [6.07, 6.45) is 0. The normalized spacial score (nSPS) is 10.2. The minimum atomic E-state index is -3.53. The first kappa shape index (κ1) is 9.41. The lowest BCUT2D eigenvalue weighted by molar-refractivity contribution is 0.501. The average Bonchev–Trinajstić information content (AvgIpc) is 0.722. The van der Waals surface area contributed by atoms with Crippen LogP contribution in [0.5, 0.6) is 0 Å². The van der Waals surface area contributed by atoms with E-state index in [1.165, 1.54) is 0 Å². The van der Waals surface area contributed by atoms with E-state index in [1.54, 1.807) is 0 Å². The molecule has 0 saturated carbocycles. The molecular weight excluding hydrogens is 127 g/mol. The van der Waals surface area contributed by atoms with Gasteiger partial charge in [0.25, 0.3) is 0 Å². The molecule has 3 nitrogen and oxygen atoms in total. The second-order valence-corrected chi connectivity index (χ2v) is 5.29. The highest BCUT2D eigenvalue weighted by Crippen LogP contribution is 1.57. The molecule has 0 aliphatic heterocycles. The summed E-state index contributed by atoms with van der Waals surface area (Å²) in [7, 11) is -3.69. The highest BCUT2D eigenvalue weighted by atomic mass is 32.4. The SMILES string of the molecule is F.O=S(=O)(O)[SiH3]. The summed E-state index contributed by atoms with van der Waals surface area (Å²) in [5.41, 5.74) is 0. The Morgan fingerprint density at radius 2 is 1.50 bits per heavy atom. The third-order valence-corrected chi connectivity index (χ3v) is 0. The molecule has 0 unspecified atom stereocenters. The Morgan fingerprint density at radius 3 is 1.50 bits per heavy atom. The van der Waals surface area contributed by atoms with Crippen LogP contribution < -0.4 is 0 Å². The van der Waals surface area contributed by atoms with E-state index in [1.807, 2.05) is 0 Å². The van der Waals surface area contributed by atoms with Crippen molar-refractivity contribution in [2.75, 3.05) is 0 Å². The van der Waals surface area contributed by atoms with Crippen molar-refractivity contribution < 1.29 is 17.7 Å². The van der Waals surface area contributed by atoms with E-state index in [0.717, 1.165) is 0 Å². The number of rotatable bonds is 0. The summed E-state index contributed by atoms with van der Waals surface area (Å²) < 4.78 is 26.1. The van der Waals surface area contributed by atoms with E-state index in [-0.39, 0.29) is 14.1 Å². The van der Waals surface area contributed by atoms with Gasteiger partial charge in [0.05, 0.1) is 0 Å². The molecule has 0 spiro atoms. The van der Waals surface area contributed by atoms with Gasteiger partial charge in [-0.05, 0) is 0 Å². The summed E-state index contributed by atoms with van der Waals surface area (Å²) in [5.74, 6) is 0. The van der Waals surface area contributed by atoms with Crippen LogP contribution in [0.1, 0.15) is 0 Å². The van der Waals surface area contributed by atoms with Crippen LogP contribution in [0.15, 0.2) is 0 Å². The molecule has 0 aromatic rings. The van der Waals surface area contributed by atoms with Crippen molar-refractivity contribution in [3.63, 3.8) is 0 Å². The zero-order chi connectivity index (χ0) is 4.50. The maximum absolute atomic E-state index is 9.25. The van der Waals surface area contributed by atoms with Crippen molar-refractivity contribution >= 4 is 19.0 Å². The third kappa shape index (κ3) is 11700. The van der Waals surface area contributed by atoms with Gasteiger partial charge in [-0.25, -0.2) is 8.42 Å². The molecule has 0 aromatic heterocycles. The first-order valence-electron chi connectivity index (χ1n) is 0.924. The summed E-state index contributed by atoms with van der Waals surface area (Å²) in [6, 6.07) is 0. The Kier molecular flexibility index (Phi) is 3.56. The largest absolute Gasteiger partial charge is 0.292 e. The molecule has 0 radical (unpaired) electrons. The lowest BCUT2D eigenvalue weighted by atomic mass is 15.9. The van der Waals surface area contributed by atoms with E-state index in [2.05, 4.69) is 0 Å². The zero-order valence-electron chi connectivity index (χ0n) is 3.08. The molecule has 40 valence electrons. The first-order chi connectivity index (χ1) is 2.00. The summed E-state index contributed by atoms with van der Waals surface area (Å²) in [6.45, 7) is 0. The standard InChI is InChI=1S/FH.H4O3SSi/c;1-4(2,3)5/h1H;5H3,(H,1,2,3). The summed E-state index contributed by atoms with van der Waals surface area (Å²) in [5, 5.41) is 0. The highest BCUT2D eigenvalue weighted by Gasteiger charge is 1.81. The van der Waals surface area contributed by atoms with Crippen LogP contribution in [0.3, 0.4) is 0 Å². The van der Waals surface area contributed by atoms with Gasteiger partial charge in [0.15, 0.2) is 9.39 Å². The predicted molar refractivity (Wildman–Crippen MR) is 24.0 cm³/mol. The fourth-order valence-electron chi connectivity index (χ4n) is 0. The number of hydrogen-bond acceptors (Lipinski definition) is 2. The van der Waals surface area contributed by atoms with Crippen molar-refractivity contribution in [1.82, 2.24) is 0 Å². The summed E-state index contributed by atoms with van der Waals surface area (Å²) >= 11 is 0. The molecule has 6 heavy (non-hydrogen) atoms. The van der Waals surface area contributed by atoms with Gasteiger partial charge in [0.2, 0.25) is 9.57 Å². The molecule has 6 heteroatoms. The van der Waals surface area contributed by atoms with Crippen molar-refractivity contribution in [3.8, 4) is 0 Å². The van der Waals surface area contributed by atoms with Crippen LogP contribution in [0.25, 0.3) is 0 Å². The van der Waals surface area contributed by atoms with Gasteiger partial charge in [0, 0.05) is 0 Å². The Hall–Kier alpha value is 0.0569. The van der Waals surface area contributed by atoms with Gasteiger partial charge in [-0.1, -0.05) is 0 Å². The molecule has 0 atom stereocenters. The maximum atomic E-state index is 9.25. The lowest BCUT2D eigenvalue weighted by Crippen LogP contribution is -1.91. The van der Waals surface area contributed by atoms with Gasteiger partial charge in [-0.3, -0.25) is 9.26 Å². The van der Waals surface area contributed by atoms with Gasteiger partial charge in [0.1, 0.15) is 0 Å². The molecule has 0 fully saturated rings. The topological polar surface area (TPSA) is 54.4 Å². The summed E-state index contributed by atoms with van der Waals surface area (Å²) in [4.78, 5) is 0. The molecule has 1 N–H and O–H groups in total. The van der Waals surface area contributed by atoms with Crippen LogP contribution in [-0.4, -0.2) is 22.4 Å². The number of hydrogen-bond donors (Lipinski definition) is 1. The average molecular weight is 132 g/mol. The van der Waals surface area contributed by atoms with E-state index < -0.39 is 9.57 Å². The van der Waals surface area contributed by atoms with Gasteiger partial charge >= 0.3 is 0 Å². The molecule has 0 saturated heterocycles. The molecule has 0 rings (SSSR count). The van der Waals surface area contributed by atoms with Crippen LogP contribution in [0, 0.1) is 0 Å². The van der Waals surface area contributed by atoms with E-state index in [0.29, 0.717) is 0 Å². The molecule has 0 aliphatic carbocycles. The fourth-order valence-corrected chi connectivity index (χ4v) is 0. The van der Waals surface area contributed by atoms with Crippen LogP contribution in [0.2, 0.25) is 0 Å². The van der Waals surface area contributed by atoms with Gasteiger partial charge in [-0.15, -0.1) is 0 Å². The van der Waals surface area contributed by atoms with Crippen molar-refractivity contribution in [2.45, 2.75) is 0 Å². The van der Waals surface area contributed by atoms with Crippen LogP contribution in [-0.2, 0) is 9.57 Å². The Labute approximate surface area is 37.5 Å². The van der Waals surface area contributed by atoms with E-state index >= 15 is 0 Å². The smallest absolute Gasteiger partial charge is 0.217 e. The monoisotopic (exact) mass is 132 g/mol. The van der Waals surface area contributed by atoms with Crippen molar-refractivity contribution in [1.29, 1.82) is 0 Å². The van der Waals surface area contributed by atoms with Crippen molar-refractivity contribution in [3.05, 3.63) is 0 Å². The zero-order valence-corrected chi connectivity index (χ0v) is 5.90. The van der Waals surface area contributed by atoms with Gasteiger partial charge < -0.3 is 0 Å². The molecule has 0 amide bonds. The Bertz CT molecular complexity index is 94.0.